The Bertz CT molecular complexity index is 1340. The number of rotatable bonds is 11. The van der Waals surface area contributed by atoms with E-state index in [4.69, 9.17) is 11.6 Å². The number of sulfonamides is 1. The first-order valence-electron chi connectivity index (χ1n) is 14.4. The van der Waals surface area contributed by atoms with Gasteiger partial charge in [-0.3, -0.25) is 0 Å². The largest absolute Gasteiger partial charge is 0.303 e. The number of piperidine rings is 1. The number of hydrogen-bond donors (Lipinski definition) is 0. The number of fused-ring (bicyclic) bond motifs is 1. The van der Waals surface area contributed by atoms with Crippen LogP contribution in [0.15, 0.2) is 83.8 Å². The van der Waals surface area contributed by atoms with Gasteiger partial charge in [0.2, 0.25) is 10.0 Å². The second-order valence-corrected chi connectivity index (χ2v) is 14.1. The van der Waals surface area contributed by atoms with Crippen LogP contribution >= 0.6 is 11.6 Å². The van der Waals surface area contributed by atoms with Crippen molar-refractivity contribution in [2.75, 3.05) is 33.2 Å². The van der Waals surface area contributed by atoms with Gasteiger partial charge in [-0.1, -0.05) is 78.7 Å². The molecule has 0 aromatic heterocycles. The summed E-state index contributed by atoms with van der Waals surface area (Å²) in [5, 5.41) is 0.439. The quantitative estimate of drug-likeness (QED) is 0.252. The van der Waals surface area contributed by atoms with Gasteiger partial charge in [-0.05, 0) is 105 Å². The lowest BCUT2D eigenvalue weighted by Gasteiger charge is -2.38. The zero-order valence-electron chi connectivity index (χ0n) is 23.1. The van der Waals surface area contributed by atoms with Crippen LogP contribution in [0.5, 0.6) is 0 Å². The van der Waals surface area contributed by atoms with Crippen molar-refractivity contribution in [1.29, 1.82) is 0 Å². The number of hydrogen-bond acceptors (Lipinski definition) is 3. The van der Waals surface area contributed by atoms with Crippen LogP contribution in [0.25, 0.3) is 0 Å². The van der Waals surface area contributed by atoms with E-state index in [1.165, 1.54) is 48.8 Å². The summed E-state index contributed by atoms with van der Waals surface area (Å²) in [6.45, 7) is 3.78. The normalized spacial score (nSPS) is 20.4. The molecule has 1 fully saturated rings. The van der Waals surface area contributed by atoms with E-state index in [1.807, 2.05) is 0 Å². The average Bonchev–Trinajstić information content (AvgIpc) is 3.31. The maximum atomic E-state index is 13.5. The van der Waals surface area contributed by atoms with Crippen LogP contribution in [-0.4, -0.2) is 50.8 Å². The Morgan fingerprint density at radius 3 is 2.49 bits per heavy atom. The lowest BCUT2D eigenvalue weighted by Crippen LogP contribution is -2.44. The number of halogens is 1. The van der Waals surface area contributed by atoms with Gasteiger partial charge in [0.15, 0.2) is 0 Å². The highest BCUT2D eigenvalue weighted by atomic mass is 35.5. The SMILES string of the molecule is CN(CC1(CCN2CCC(CCCc3ccccc3)CC2)CCc2ccccc21)S(=O)(=O)c1cccc(Cl)c1. The molecule has 2 aliphatic rings. The highest BCUT2D eigenvalue weighted by Crippen LogP contribution is 2.43. The predicted octanol–water partition coefficient (Wildman–Crippen LogP) is 6.97. The average molecular weight is 565 g/mol. The van der Waals surface area contributed by atoms with Crippen LogP contribution in [0, 0.1) is 5.92 Å². The van der Waals surface area contributed by atoms with Gasteiger partial charge in [0, 0.05) is 24.0 Å². The van der Waals surface area contributed by atoms with E-state index in [0.29, 0.717) is 11.6 Å². The summed E-state index contributed by atoms with van der Waals surface area (Å²) in [6.07, 6.45) is 9.24. The van der Waals surface area contributed by atoms with Gasteiger partial charge in [0.05, 0.1) is 4.90 Å². The van der Waals surface area contributed by atoms with Crippen LogP contribution in [0.1, 0.15) is 55.2 Å². The van der Waals surface area contributed by atoms with Crippen molar-refractivity contribution in [3.05, 3.63) is 101 Å². The molecule has 1 saturated heterocycles. The highest BCUT2D eigenvalue weighted by Gasteiger charge is 2.41. The molecule has 0 spiro atoms. The van der Waals surface area contributed by atoms with Crippen LogP contribution in [-0.2, 0) is 28.3 Å². The smallest absolute Gasteiger partial charge is 0.242 e. The van der Waals surface area contributed by atoms with Crippen molar-refractivity contribution < 1.29 is 8.42 Å². The monoisotopic (exact) mass is 564 g/mol. The molecule has 208 valence electrons. The summed E-state index contributed by atoms with van der Waals surface area (Å²) in [5.41, 5.74) is 3.96. The summed E-state index contributed by atoms with van der Waals surface area (Å²) in [6, 6.07) is 26.1. The fourth-order valence-electron chi connectivity index (χ4n) is 6.70. The molecule has 3 aromatic carbocycles. The standard InChI is InChI=1S/C33H41ClN2O2S/c1-35(39(37,38)31-15-8-14-30(34)25-31)26-33(20-17-29-13-5-6-16-32(29)33)21-24-36-22-18-28(19-23-36)12-7-11-27-9-3-2-4-10-27/h2-6,8-10,13-16,25,28H,7,11-12,17-24,26H2,1H3. The highest BCUT2D eigenvalue weighted by molar-refractivity contribution is 7.89. The molecule has 1 unspecified atom stereocenters. The van der Waals surface area contributed by atoms with Gasteiger partial charge in [-0.15, -0.1) is 0 Å². The minimum atomic E-state index is -3.63. The molecule has 4 nitrogen and oxygen atoms in total. The van der Waals surface area contributed by atoms with Crippen molar-refractivity contribution in [3.63, 3.8) is 0 Å². The molecule has 1 aliphatic heterocycles. The molecule has 5 rings (SSSR count). The summed E-state index contributed by atoms with van der Waals surface area (Å²) >= 11 is 6.13. The van der Waals surface area contributed by atoms with Gasteiger partial charge in [-0.25, -0.2) is 12.7 Å². The van der Waals surface area contributed by atoms with Crippen molar-refractivity contribution in [2.24, 2.45) is 5.92 Å². The van der Waals surface area contributed by atoms with Crippen LogP contribution < -0.4 is 0 Å². The Labute approximate surface area is 240 Å². The number of likely N-dealkylation sites (tertiary alicyclic amines) is 1. The molecule has 3 aromatic rings. The topological polar surface area (TPSA) is 40.6 Å². The Morgan fingerprint density at radius 1 is 0.974 bits per heavy atom. The predicted molar refractivity (Wildman–Crippen MR) is 161 cm³/mol. The van der Waals surface area contributed by atoms with Gasteiger partial charge >= 0.3 is 0 Å². The van der Waals surface area contributed by atoms with E-state index in [-0.39, 0.29) is 10.3 Å². The Kier molecular flexibility index (Phi) is 9.13. The molecule has 0 saturated carbocycles. The number of nitrogens with zero attached hydrogens (tertiary/aromatic N) is 2. The summed E-state index contributed by atoms with van der Waals surface area (Å²) in [4.78, 5) is 2.87. The maximum absolute atomic E-state index is 13.5. The van der Waals surface area contributed by atoms with E-state index < -0.39 is 10.0 Å². The second kappa shape index (κ2) is 12.6. The minimum Gasteiger partial charge on any atom is -0.303 e. The zero-order valence-corrected chi connectivity index (χ0v) is 24.6. The molecular weight excluding hydrogens is 524 g/mol. The Balaban J connectivity index is 1.21. The molecule has 1 aliphatic carbocycles. The number of likely N-dealkylation sites (N-methyl/N-ethyl adjacent to an activating group) is 1. The van der Waals surface area contributed by atoms with Gasteiger partial charge in [0.25, 0.3) is 0 Å². The van der Waals surface area contributed by atoms with Crippen molar-refractivity contribution in [1.82, 2.24) is 9.21 Å². The Morgan fingerprint density at radius 2 is 1.72 bits per heavy atom. The molecule has 1 atom stereocenters. The summed E-state index contributed by atoms with van der Waals surface area (Å²) in [7, 11) is -1.91. The lowest BCUT2D eigenvalue weighted by atomic mass is 9.78. The molecule has 1 heterocycles. The molecule has 0 N–H and O–H groups in total. The summed E-state index contributed by atoms with van der Waals surface area (Å²) in [5.74, 6) is 0.820. The third-order valence-corrected chi connectivity index (χ3v) is 11.1. The van der Waals surface area contributed by atoms with Gasteiger partial charge < -0.3 is 4.90 Å². The first-order valence-corrected chi connectivity index (χ1v) is 16.2. The van der Waals surface area contributed by atoms with Crippen molar-refractivity contribution in [2.45, 2.75) is 61.7 Å². The molecule has 0 bridgehead atoms. The van der Waals surface area contributed by atoms with E-state index in [9.17, 15) is 8.42 Å². The van der Waals surface area contributed by atoms with Crippen LogP contribution in [0.3, 0.4) is 0 Å². The van der Waals surface area contributed by atoms with Crippen LogP contribution in [0.4, 0.5) is 0 Å². The molecule has 6 heteroatoms. The molecule has 0 radical (unpaired) electrons. The fraction of sp³-hybridized carbons (Fsp3) is 0.455. The minimum absolute atomic E-state index is 0.177. The fourth-order valence-corrected chi connectivity index (χ4v) is 8.25. The third kappa shape index (κ3) is 6.77. The van der Waals surface area contributed by atoms with Crippen molar-refractivity contribution in [3.8, 4) is 0 Å². The number of benzene rings is 3. The van der Waals surface area contributed by atoms with Crippen LogP contribution in [0.2, 0.25) is 5.02 Å². The summed E-state index contributed by atoms with van der Waals surface area (Å²) < 4.78 is 28.6. The van der Waals surface area contributed by atoms with E-state index in [2.05, 4.69) is 59.5 Å². The third-order valence-electron chi connectivity index (χ3n) is 9.03. The lowest BCUT2D eigenvalue weighted by molar-refractivity contribution is 0.158. The zero-order chi connectivity index (χ0) is 27.3. The van der Waals surface area contributed by atoms with Gasteiger partial charge in [-0.2, -0.15) is 0 Å². The molecule has 0 amide bonds. The van der Waals surface area contributed by atoms with E-state index >= 15 is 0 Å². The maximum Gasteiger partial charge on any atom is 0.242 e. The first kappa shape index (κ1) is 28.4. The Hall–Kier alpha value is -2.18. The molecule has 39 heavy (non-hydrogen) atoms. The second-order valence-electron chi connectivity index (χ2n) is 11.6. The first-order chi connectivity index (χ1) is 18.9. The van der Waals surface area contributed by atoms with E-state index in [1.54, 1.807) is 35.6 Å². The number of aryl methyl sites for hydroxylation is 2. The molecular formula is C33H41ClN2O2S. The van der Waals surface area contributed by atoms with Gasteiger partial charge in [0.1, 0.15) is 0 Å². The van der Waals surface area contributed by atoms with E-state index in [0.717, 1.165) is 44.8 Å². The van der Waals surface area contributed by atoms with Crippen molar-refractivity contribution >= 4 is 21.6 Å².